The highest BCUT2D eigenvalue weighted by Crippen LogP contribution is 2.25. The Bertz CT molecular complexity index is 877. The molecule has 0 radical (unpaired) electrons. The minimum Gasteiger partial charge on any atom is -0.370 e. The molecule has 0 bridgehead atoms. The molecule has 1 aromatic heterocycles. The predicted octanol–water partition coefficient (Wildman–Crippen LogP) is 4.50. The van der Waals surface area contributed by atoms with Gasteiger partial charge in [0.25, 0.3) is 0 Å². The van der Waals surface area contributed by atoms with Crippen molar-refractivity contribution in [2.45, 2.75) is 44.9 Å². The van der Waals surface area contributed by atoms with Crippen molar-refractivity contribution in [2.24, 2.45) is 5.73 Å². The van der Waals surface area contributed by atoms with Crippen molar-refractivity contribution in [1.82, 2.24) is 9.97 Å². The molecule has 178 valence electrons. The van der Waals surface area contributed by atoms with Crippen LogP contribution >= 0.6 is 11.6 Å². The van der Waals surface area contributed by atoms with Crippen LogP contribution < -0.4 is 25.8 Å². The largest absolute Gasteiger partial charge is 0.370 e. The SMILES string of the molecule is NC(=O)N(CCCCCNc1cc(N2CCCC2)nc(N2CCCC2)n1)c1ccc(Cl)cc1. The molecule has 3 N–H and O–H groups in total. The van der Waals surface area contributed by atoms with Crippen molar-refractivity contribution >= 4 is 40.9 Å². The van der Waals surface area contributed by atoms with Gasteiger partial charge in [-0.25, -0.2) is 4.79 Å². The molecule has 0 aliphatic carbocycles. The topological polar surface area (TPSA) is 90.6 Å². The van der Waals surface area contributed by atoms with E-state index in [2.05, 4.69) is 21.2 Å². The van der Waals surface area contributed by atoms with E-state index < -0.39 is 6.03 Å². The zero-order valence-electron chi connectivity index (χ0n) is 19.2. The van der Waals surface area contributed by atoms with E-state index in [9.17, 15) is 4.79 Å². The Kier molecular flexibility index (Phi) is 8.10. The van der Waals surface area contributed by atoms with Crippen molar-refractivity contribution in [3.63, 3.8) is 0 Å². The van der Waals surface area contributed by atoms with Crippen LogP contribution in [-0.2, 0) is 0 Å². The van der Waals surface area contributed by atoms with Gasteiger partial charge in [0.15, 0.2) is 0 Å². The summed E-state index contributed by atoms with van der Waals surface area (Å²) in [6.45, 7) is 5.62. The summed E-state index contributed by atoms with van der Waals surface area (Å²) in [7, 11) is 0. The highest BCUT2D eigenvalue weighted by molar-refractivity contribution is 6.30. The number of carbonyl (C=O) groups excluding carboxylic acids is 1. The van der Waals surface area contributed by atoms with Crippen molar-refractivity contribution in [1.29, 1.82) is 0 Å². The molecule has 0 unspecified atom stereocenters. The van der Waals surface area contributed by atoms with Gasteiger partial charge in [0.05, 0.1) is 0 Å². The van der Waals surface area contributed by atoms with Crippen LogP contribution in [0.15, 0.2) is 30.3 Å². The molecule has 1 aromatic carbocycles. The van der Waals surface area contributed by atoms with Gasteiger partial charge in [-0.15, -0.1) is 0 Å². The molecular weight excluding hydrogens is 438 g/mol. The molecule has 0 saturated carbocycles. The number of primary amides is 1. The first kappa shape index (κ1) is 23.4. The smallest absolute Gasteiger partial charge is 0.319 e. The number of hydrogen-bond acceptors (Lipinski definition) is 6. The number of rotatable bonds is 10. The van der Waals surface area contributed by atoms with Crippen molar-refractivity contribution in [2.75, 3.05) is 59.3 Å². The van der Waals surface area contributed by atoms with E-state index in [1.165, 1.54) is 25.7 Å². The summed E-state index contributed by atoms with van der Waals surface area (Å²) in [5.74, 6) is 2.78. The standard InChI is InChI=1S/C24H34ClN7O/c25-19-8-10-20(11-9-19)32(23(26)33)17-3-1-2-12-27-21-18-22(30-13-4-5-14-30)29-24(28-21)31-15-6-7-16-31/h8-11,18H,1-7,12-17H2,(H2,26,33)(H,27,28,29). The van der Waals surface area contributed by atoms with Gasteiger partial charge < -0.3 is 20.9 Å². The Morgan fingerprint density at radius 2 is 1.64 bits per heavy atom. The summed E-state index contributed by atoms with van der Waals surface area (Å²) in [5, 5.41) is 4.14. The Morgan fingerprint density at radius 1 is 0.970 bits per heavy atom. The fourth-order valence-corrected chi connectivity index (χ4v) is 4.58. The molecule has 4 rings (SSSR count). The van der Waals surface area contributed by atoms with Crippen LogP contribution in [0.2, 0.25) is 5.02 Å². The number of unbranched alkanes of at least 4 members (excludes halogenated alkanes) is 2. The van der Waals surface area contributed by atoms with Crippen molar-refractivity contribution in [3.05, 3.63) is 35.4 Å². The molecule has 2 amide bonds. The van der Waals surface area contributed by atoms with E-state index in [0.29, 0.717) is 11.6 Å². The predicted molar refractivity (Wildman–Crippen MR) is 136 cm³/mol. The molecule has 2 saturated heterocycles. The van der Waals surface area contributed by atoms with E-state index in [0.717, 1.165) is 75.3 Å². The lowest BCUT2D eigenvalue weighted by Crippen LogP contribution is -2.36. The lowest BCUT2D eigenvalue weighted by molar-refractivity contribution is 0.253. The molecule has 3 heterocycles. The molecule has 2 aromatic rings. The molecule has 0 spiro atoms. The lowest BCUT2D eigenvalue weighted by atomic mass is 10.2. The Balaban J connectivity index is 1.28. The average molecular weight is 472 g/mol. The molecule has 9 heteroatoms. The van der Waals surface area contributed by atoms with Gasteiger partial charge in [0, 0.05) is 56.0 Å². The summed E-state index contributed by atoms with van der Waals surface area (Å²) in [5.41, 5.74) is 6.35. The first-order valence-electron chi connectivity index (χ1n) is 12.1. The number of benzene rings is 1. The number of nitrogens with one attached hydrogen (secondary N) is 1. The van der Waals surface area contributed by atoms with E-state index >= 15 is 0 Å². The van der Waals surface area contributed by atoms with Crippen molar-refractivity contribution in [3.8, 4) is 0 Å². The number of halogens is 1. The molecule has 2 aliphatic rings. The summed E-state index contributed by atoms with van der Waals surface area (Å²) in [4.78, 5) is 27.8. The van der Waals surface area contributed by atoms with E-state index in [1.807, 2.05) is 12.1 Å². The van der Waals surface area contributed by atoms with Crippen molar-refractivity contribution < 1.29 is 4.79 Å². The van der Waals surface area contributed by atoms with Gasteiger partial charge in [-0.2, -0.15) is 9.97 Å². The average Bonchev–Trinajstić information content (AvgIpc) is 3.54. The number of nitrogens with zero attached hydrogens (tertiary/aromatic N) is 5. The lowest BCUT2D eigenvalue weighted by Gasteiger charge is -2.22. The number of hydrogen-bond donors (Lipinski definition) is 2. The maximum absolute atomic E-state index is 11.9. The van der Waals surface area contributed by atoms with E-state index in [-0.39, 0.29) is 0 Å². The second-order valence-electron chi connectivity index (χ2n) is 8.75. The van der Waals surface area contributed by atoms with Gasteiger partial charge in [-0.3, -0.25) is 4.90 Å². The molecule has 33 heavy (non-hydrogen) atoms. The van der Waals surface area contributed by atoms with Gasteiger partial charge in [-0.05, 0) is 69.2 Å². The minimum absolute atomic E-state index is 0.444. The Labute approximate surface area is 201 Å². The second kappa shape index (κ2) is 11.4. The first-order chi connectivity index (χ1) is 16.1. The fourth-order valence-electron chi connectivity index (χ4n) is 4.46. The van der Waals surface area contributed by atoms with Crippen LogP contribution in [-0.4, -0.2) is 55.3 Å². The van der Waals surface area contributed by atoms with E-state index in [1.54, 1.807) is 17.0 Å². The van der Waals surface area contributed by atoms with Crippen LogP contribution in [0.3, 0.4) is 0 Å². The van der Waals surface area contributed by atoms with Gasteiger partial charge in [0.1, 0.15) is 11.6 Å². The number of carbonyl (C=O) groups is 1. The first-order valence-corrected chi connectivity index (χ1v) is 12.4. The quantitative estimate of drug-likeness (QED) is 0.496. The third-order valence-electron chi connectivity index (χ3n) is 6.29. The third kappa shape index (κ3) is 6.41. The van der Waals surface area contributed by atoms with E-state index in [4.69, 9.17) is 27.3 Å². The maximum atomic E-state index is 11.9. The van der Waals surface area contributed by atoms with Gasteiger partial charge >= 0.3 is 6.03 Å². The summed E-state index contributed by atoms with van der Waals surface area (Å²) in [6.07, 6.45) is 7.70. The molecular formula is C24H34ClN7O. The highest BCUT2D eigenvalue weighted by Gasteiger charge is 2.20. The third-order valence-corrected chi connectivity index (χ3v) is 6.54. The van der Waals surface area contributed by atoms with Gasteiger partial charge in [-0.1, -0.05) is 11.6 Å². The van der Waals surface area contributed by atoms with Crippen LogP contribution in [0.25, 0.3) is 0 Å². The number of nitrogens with two attached hydrogens (primary N) is 1. The summed E-state index contributed by atoms with van der Waals surface area (Å²) < 4.78 is 0. The fraction of sp³-hybridized carbons (Fsp3) is 0.542. The molecule has 8 nitrogen and oxygen atoms in total. The molecule has 2 fully saturated rings. The zero-order valence-corrected chi connectivity index (χ0v) is 19.9. The molecule has 0 atom stereocenters. The Morgan fingerprint density at radius 3 is 2.30 bits per heavy atom. The number of amides is 2. The number of anilines is 4. The monoisotopic (exact) mass is 471 g/mol. The van der Waals surface area contributed by atoms with Crippen LogP contribution in [0, 0.1) is 0 Å². The summed E-state index contributed by atoms with van der Waals surface area (Å²) in [6, 6.07) is 8.82. The minimum atomic E-state index is -0.444. The number of urea groups is 1. The second-order valence-corrected chi connectivity index (χ2v) is 9.19. The Hall–Kier alpha value is -2.74. The number of aromatic nitrogens is 2. The van der Waals surface area contributed by atoms with Crippen LogP contribution in [0.1, 0.15) is 44.9 Å². The zero-order chi connectivity index (χ0) is 23.0. The summed E-state index contributed by atoms with van der Waals surface area (Å²) >= 11 is 5.95. The molecule has 2 aliphatic heterocycles. The normalized spacial score (nSPS) is 15.8. The highest BCUT2D eigenvalue weighted by atomic mass is 35.5. The van der Waals surface area contributed by atoms with Crippen LogP contribution in [0.5, 0.6) is 0 Å². The van der Waals surface area contributed by atoms with Crippen LogP contribution in [0.4, 0.5) is 28.1 Å². The maximum Gasteiger partial charge on any atom is 0.319 e. The van der Waals surface area contributed by atoms with Gasteiger partial charge in [0.2, 0.25) is 5.95 Å².